The zero-order chi connectivity index (χ0) is 12.6. The van der Waals surface area contributed by atoms with Crippen LogP contribution < -0.4 is 10.2 Å². The van der Waals surface area contributed by atoms with Crippen molar-refractivity contribution in [2.24, 2.45) is 0 Å². The van der Waals surface area contributed by atoms with Gasteiger partial charge in [0.1, 0.15) is 5.82 Å². The summed E-state index contributed by atoms with van der Waals surface area (Å²) >= 11 is 0. The van der Waals surface area contributed by atoms with E-state index in [0.29, 0.717) is 0 Å². The number of hydrogen-bond donors (Lipinski definition) is 1. The van der Waals surface area contributed by atoms with Crippen LogP contribution in [0.1, 0.15) is 25.5 Å². The van der Waals surface area contributed by atoms with E-state index in [-0.39, 0.29) is 0 Å². The summed E-state index contributed by atoms with van der Waals surface area (Å²) in [6.07, 6.45) is 5.87. The fourth-order valence-electron chi connectivity index (χ4n) is 2.00. The minimum atomic E-state index is 0.778. The highest BCUT2D eigenvalue weighted by atomic mass is 16.5. The molecule has 1 aliphatic rings. The van der Waals surface area contributed by atoms with E-state index >= 15 is 0 Å². The van der Waals surface area contributed by atoms with Gasteiger partial charge in [0.15, 0.2) is 0 Å². The van der Waals surface area contributed by atoms with Gasteiger partial charge in [0.2, 0.25) is 0 Å². The minimum Gasteiger partial charge on any atom is -0.380 e. The standard InChI is InChI=1S/C13H22N4O/c1-2-4-14-9-12-10-15-11-13(16-12)17-5-3-7-18-8-6-17/h10-11,14H,2-9H2,1H3. The van der Waals surface area contributed by atoms with E-state index in [1.165, 1.54) is 0 Å². The maximum absolute atomic E-state index is 5.45. The molecule has 1 aromatic heterocycles. The maximum Gasteiger partial charge on any atom is 0.147 e. The molecule has 1 aliphatic heterocycles. The summed E-state index contributed by atoms with van der Waals surface area (Å²) in [5.41, 5.74) is 1.01. The normalized spacial score (nSPS) is 16.6. The van der Waals surface area contributed by atoms with Crippen molar-refractivity contribution in [3.63, 3.8) is 0 Å². The molecular formula is C13H22N4O. The summed E-state index contributed by atoms with van der Waals surface area (Å²) in [6.45, 7) is 7.50. The largest absolute Gasteiger partial charge is 0.380 e. The predicted octanol–water partition coefficient (Wildman–Crippen LogP) is 1.20. The summed E-state index contributed by atoms with van der Waals surface area (Å²) in [5, 5.41) is 3.35. The Labute approximate surface area is 109 Å². The summed E-state index contributed by atoms with van der Waals surface area (Å²) in [4.78, 5) is 11.2. The molecule has 5 heteroatoms. The lowest BCUT2D eigenvalue weighted by Gasteiger charge is -2.20. The Morgan fingerprint density at radius 1 is 1.33 bits per heavy atom. The molecule has 0 unspecified atom stereocenters. The van der Waals surface area contributed by atoms with E-state index in [2.05, 4.69) is 27.1 Å². The monoisotopic (exact) mass is 250 g/mol. The van der Waals surface area contributed by atoms with Gasteiger partial charge in [-0.3, -0.25) is 4.98 Å². The second kappa shape index (κ2) is 7.28. The van der Waals surface area contributed by atoms with Gasteiger partial charge in [-0.2, -0.15) is 0 Å². The number of nitrogens with zero attached hydrogens (tertiary/aromatic N) is 3. The van der Waals surface area contributed by atoms with Gasteiger partial charge in [-0.15, -0.1) is 0 Å². The van der Waals surface area contributed by atoms with Crippen LogP contribution >= 0.6 is 0 Å². The highest BCUT2D eigenvalue weighted by molar-refractivity contribution is 5.36. The number of ether oxygens (including phenoxy) is 1. The lowest BCUT2D eigenvalue weighted by molar-refractivity contribution is 0.152. The van der Waals surface area contributed by atoms with E-state index in [4.69, 9.17) is 4.74 Å². The number of nitrogens with one attached hydrogen (secondary N) is 1. The maximum atomic E-state index is 5.45. The van der Waals surface area contributed by atoms with Crippen LogP contribution in [0.2, 0.25) is 0 Å². The highest BCUT2D eigenvalue weighted by Crippen LogP contribution is 2.12. The van der Waals surface area contributed by atoms with Crippen LogP contribution in [-0.4, -0.2) is 42.8 Å². The van der Waals surface area contributed by atoms with Crippen molar-refractivity contribution in [3.05, 3.63) is 18.1 Å². The van der Waals surface area contributed by atoms with Gasteiger partial charge in [-0.25, -0.2) is 4.98 Å². The Bertz CT molecular complexity index is 351. The van der Waals surface area contributed by atoms with Gasteiger partial charge >= 0.3 is 0 Å². The Morgan fingerprint density at radius 2 is 2.28 bits per heavy atom. The molecule has 1 aromatic rings. The van der Waals surface area contributed by atoms with E-state index < -0.39 is 0 Å². The Hall–Kier alpha value is -1.20. The van der Waals surface area contributed by atoms with Crippen LogP contribution in [0.3, 0.4) is 0 Å². The first kappa shape index (κ1) is 13.2. The van der Waals surface area contributed by atoms with E-state index in [1.807, 2.05) is 12.4 Å². The summed E-state index contributed by atoms with van der Waals surface area (Å²) in [7, 11) is 0. The molecule has 0 radical (unpaired) electrons. The third-order valence-corrected chi connectivity index (χ3v) is 2.95. The SMILES string of the molecule is CCCNCc1cncc(N2CCCOCC2)n1. The summed E-state index contributed by atoms with van der Waals surface area (Å²) < 4.78 is 5.45. The van der Waals surface area contributed by atoms with Crippen LogP contribution in [0.4, 0.5) is 5.82 Å². The van der Waals surface area contributed by atoms with Crippen molar-refractivity contribution in [1.29, 1.82) is 0 Å². The lowest BCUT2D eigenvalue weighted by atomic mass is 10.3. The molecule has 0 atom stereocenters. The van der Waals surface area contributed by atoms with Gasteiger partial charge < -0.3 is 15.0 Å². The van der Waals surface area contributed by atoms with Gasteiger partial charge in [-0.05, 0) is 19.4 Å². The van der Waals surface area contributed by atoms with Crippen LogP contribution in [0.5, 0.6) is 0 Å². The zero-order valence-electron chi connectivity index (χ0n) is 11.1. The van der Waals surface area contributed by atoms with E-state index in [9.17, 15) is 0 Å². The van der Waals surface area contributed by atoms with Crippen LogP contribution in [0.25, 0.3) is 0 Å². The Balaban J connectivity index is 1.96. The molecule has 2 heterocycles. The molecule has 1 fully saturated rings. The minimum absolute atomic E-state index is 0.778. The van der Waals surface area contributed by atoms with Crippen molar-refractivity contribution in [2.45, 2.75) is 26.3 Å². The molecule has 5 nitrogen and oxygen atoms in total. The summed E-state index contributed by atoms with van der Waals surface area (Å²) in [6, 6.07) is 0. The third kappa shape index (κ3) is 3.92. The van der Waals surface area contributed by atoms with Crippen LogP contribution in [-0.2, 0) is 11.3 Å². The number of rotatable bonds is 5. The van der Waals surface area contributed by atoms with Crippen LogP contribution in [0, 0.1) is 0 Å². The molecule has 0 saturated carbocycles. The third-order valence-electron chi connectivity index (χ3n) is 2.95. The van der Waals surface area contributed by atoms with E-state index in [0.717, 1.165) is 63.7 Å². The molecule has 1 saturated heterocycles. The predicted molar refractivity (Wildman–Crippen MR) is 71.7 cm³/mol. The summed E-state index contributed by atoms with van der Waals surface area (Å²) in [5.74, 6) is 0.969. The first-order chi connectivity index (χ1) is 8.90. The van der Waals surface area contributed by atoms with Crippen molar-refractivity contribution < 1.29 is 4.74 Å². The van der Waals surface area contributed by atoms with Gasteiger partial charge in [-0.1, -0.05) is 6.92 Å². The Kier molecular flexibility index (Phi) is 5.36. The number of hydrogen-bond acceptors (Lipinski definition) is 5. The van der Waals surface area contributed by atoms with Gasteiger partial charge in [0.25, 0.3) is 0 Å². The van der Waals surface area contributed by atoms with Crippen molar-refractivity contribution in [1.82, 2.24) is 15.3 Å². The molecule has 2 rings (SSSR count). The number of anilines is 1. The second-order valence-electron chi connectivity index (χ2n) is 4.50. The van der Waals surface area contributed by atoms with Crippen molar-refractivity contribution in [3.8, 4) is 0 Å². The lowest BCUT2D eigenvalue weighted by Crippen LogP contribution is -2.27. The first-order valence-corrected chi connectivity index (χ1v) is 6.74. The van der Waals surface area contributed by atoms with Crippen molar-refractivity contribution in [2.75, 3.05) is 37.7 Å². The van der Waals surface area contributed by atoms with Gasteiger partial charge in [0.05, 0.1) is 18.5 Å². The first-order valence-electron chi connectivity index (χ1n) is 6.74. The molecule has 1 N–H and O–H groups in total. The Morgan fingerprint density at radius 3 is 3.17 bits per heavy atom. The molecule has 0 spiro atoms. The van der Waals surface area contributed by atoms with Crippen LogP contribution in [0.15, 0.2) is 12.4 Å². The average Bonchev–Trinajstić information content (AvgIpc) is 2.68. The zero-order valence-corrected chi connectivity index (χ0v) is 11.1. The molecule has 0 bridgehead atoms. The molecule has 100 valence electrons. The average molecular weight is 250 g/mol. The smallest absolute Gasteiger partial charge is 0.147 e. The molecular weight excluding hydrogens is 228 g/mol. The quantitative estimate of drug-likeness (QED) is 0.796. The van der Waals surface area contributed by atoms with Crippen molar-refractivity contribution >= 4 is 5.82 Å². The molecule has 18 heavy (non-hydrogen) atoms. The van der Waals surface area contributed by atoms with E-state index in [1.54, 1.807) is 0 Å². The fourth-order valence-corrected chi connectivity index (χ4v) is 2.00. The van der Waals surface area contributed by atoms with Gasteiger partial charge in [0, 0.05) is 32.4 Å². The number of aromatic nitrogens is 2. The molecule has 0 aromatic carbocycles. The second-order valence-corrected chi connectivity index (χ2v) is 4.50. The fraction of sp³-hybridized carbons (Fsp3) is 0.692. The molecule has 0 aliphatic carbocycles. The molecule has 0 amide bonds. The topological polar surface area (TPSA) is 50.3 Å². The highest BCUT2D eigenvalue weighted by Gasteiger charge is 2.11.